The van der Waals surface area contributed by atoms with Crippen LogP contribution >= 0.6 is 0 Å². The second-order valence-corrected chi connectivity index (χ2v) is 6.47. The number of hydrogen-bond donors (Lipinski definition) is 1. The van der Waals surface area contributed by atoms with Crippen molar-refractivity contribution in [2.45, 2.75) is 0 Å². The van der Waals surface area contributed by atoms with E-state index >= 15 is 0 Å². The molecule has 0 bridgehead atoms. The summed E-state index contributed by atoms with van der Waals surface area (Å²) in [5.41, 5.74) is 1.45. The van der Waals surface area contributed by atoms with Crippen molar-refractivity contribution in [3.05, 3.63) is 94.9 Å². The van der Waals surface area contributed by atoms with E-state index < -0.39 is 17.5 Å². The fourth-order valence-electron chi connectivity index (χ4n) is 2.94. The molecule has 0 unspecified atom stereocenters. The van der Waals surface area contributed by atoms with Gasteiger partial charge < -0.3 is 14.5 Å². The molecule has 150 valence electrons. The van der Waals surface area contributed by atoms with E-state index in [9.17, 15) is 18.4 Å². The number of amides is 1. The third-order valence-corrected chi connectivity index (χ3v) is 4.40. The summed E-state index contributed by atoms with van der Waals surface area (Å²) in [7, 11) is 0. The largest absolute Gasteiger partial charge is 0.484 e. The maximum atomic E-state index is 13.2. The van der Waals surface area contributed by atoms with Gasteiger partial charge in [0, 0.05) is 17.8 Å². The number of fused-ring (bicyclic) bond motifs is 1. The Balaban J connectivity index is 1.48. The topological polar surface area (TPSA) is 68.5 Å². The number of carbonyl (C=O) groups excluding carboxylic acids is 1. The minimum Gasteiger partial charge on any atom is -0.484 e. The molecular formula is C23H15F2NO4. The van der Waals surface area contributed by atoms with Crippen molar-refractivity contribution in [3.63, 3.8) is 0 Å². The molecule has 30 heavy (non-hydrogen) atoms. The monoisotopic (exact) mass is 407 g/mol. The predicted octanol–water partition coefficient (Wildman–Crippen LogP) is 4.76. The first-order valence-corrected chi connectivity index (χ1v) is 9.00. The molecule has 0 aliphatic carbocycles. The second-order valence-electron chi connectivity index (χ2n) is 6.47. The number of rotatable bonds is 5. The van der Waals surface area contributed by atoms with Crippen LogP contribution < -0.4 is 15.5 Å². The Morgan fingerprint density at radius 1 is 0.967 bits per heavy atom. The molecule has 5 nitrogen and oxygen atoms in total. The van der Waals surface area contributed by atoms with E-state index in [0.29, 0.717) is 22.3 Å². The highest BCUT2D eigenvalue weighted by molar-refractivity contribution is 5.92. The van der Waals surface area contributed by atoms with Crippen LogP contribution in [-0.4, -0.2) is 12.5 Å². The molecule has 7 heteroatoms. The summed E-state index contributed by atoms with van der Waals surface area (Å²) in [5, 5.41) is 2.79. The average molecular weight is 407 g/mol. The van der Waals surface area contributed by atoms with Crippen LogP contribution in [0, 0.1) is 11.6 Å². The first-order chi connectivity index (χ1) is 14.5. The zero-order valence-electron chi connectivity index (χ0n) is 15.5. The molecule has 0 radical (unpaired) electrons. The summed E-state index contributed by atoms with van der Waals surface area (Å²) in [5.74, 6) is -2.30. The van der Waals surface area contributed by atoms with Gasteiger partial charge in [-0.3, -0.25) is 9.59 Å². The Bertz CT molecular complexity index is 1290. The summed E-state index contributed by atoms with van der Waals surface area (Å²) in [4.78, 5) is 24.7. The lowest BCUT2D eigenvalue weighted by atomic mass is 10.1. The van der Waals surface area contributed by atoms with Crippen LogP contribution in [0.25, 0.3) is 22.1 Å². The molecule has 1 amide bonds. The highest BCUT2D eigenvalue weighted by Crippen LogP contribution is 2.23. The Morgan fingerprint density at radius 3 is 2.53 bits per heavy atom. The lowest BCUT2D eigenvalue weighted by Gasteiger charge is -2.09. The quantitative estimate of drug-likeness (QED) is 0.518. The van der Waals surface area contributed by atoms with Gasteiger partial charge in [0.05, 0.1) is 10.9 Å². The molecule has 1 aromatic heterocycles. The molecule has 0 atom stereocenters. The summed E-state index contributed by atoms with van der Waals surface area (Å²) in [6, 6.07) is 16.8. The summed E-state index contributed by atoms with van der Waals surface area (Å²) < 4.78 is 37.1. The molecule has 4 rings (SSSR count). The Labute approximate surface area is 169 Å². The van der Waals surface area contributed by atoms with Gasteiger partial charge in [-0.15, -0.1) is 0 Å². The van der Waals surface area contributed by atoms with Gasteiger partial charge in [-0.25, -0.2) is 8.78 Å². The van der Waals surface area contributed by atoms with Gasteiger partial charge in [0.25, 0.3) is 5.91 Å². The number of halogens is 2. The number of anilines is 1. The van der Waals surface area contributed by atoms with Crippen LogP contribution in [0.3, 0.4) is 0 Å². The molecule has 0 aliphatic rings. The molecule has 0 fully saturated rings. The van der Waals surface area contributed by atoms with E-state index in [1.54, 1.807) is 12.1 Å². The first-order valence-electron chi connectivity index (χ1n) is 9.00. The molecule has 1 heterocycles. The van der Waals surface area contributed by atoms with Gasteiger partial charge in [-0.05, 0) is 29.8 Å². The third kappa shape index (κ3) is 4.05. The van der Waals surface area contributed by atoms with Crippen molar-refractivity contribution in [1.82, 2.24) is 0 Å². The fraction of sp³-hybridized carbons (Fsp3) is 0.0435. The fourth-order valence-corrected chi connectivity index (χ4v) is 2.94. The lowest BCUT2D eigenvalue weighted by molar-refractivity contribution is -0.118. The van der Waals surface area contributed by atoms with Crippen LogP contribution in [0.4, 0.5) is 14.5 Å². The van der Waals surface area contributed by atoms with Crippen LogP contribution in [0.5, 0.6) is 5.75 Å². The molecule has 3 aromatic carbocycles. The summed E-state index contributed by atoms with van der Waals surface area (Å²) in [6.07, 6.45) is 1.39. The van der Waals surface area contributed by atoms with Crippen LogP contribution in [0.2, 0.25) is 0 Å². The van der Waals surface area contributed by atoms with Gasteiger partial charge in [0.2, 0.25) is 0 Å². The Hall–Kier alpha value is -4.00. The number of carbonyl (C=O) groups is 1. The molecule has 0 aliphatic heterocycles. The molecular weight excluding hydrogens is 392 g/mol. The van der Waals surface area contributed by atoms with E-state index in [0.717, 1.165) is 17.7 Å². The smallest absolute Gasteiger partial charge is 0.262 e. The molecule has 1 N–H and O–H groups in total. The zero-order chi connectivity index (χ0) is 21.1. The van der Waals surface area contributed by atoms with Crippen LogP contribution in [-0.2, 0) is 4.79 Å². The average Bonchev–Trinajstić information content (AvgIpc) is 2.76. The van der Waals surface area contributed by atoms with E-state index in [-0.39, 0.29) is 17.7 Å². The SMILES string of the molecule is O=C(COc1ccc2c(=O)c(-c3ccccc3)coc2c1)Nc1ccc(F)c(F)c1. The van der Waals surface area contributed by atoms with Gasteiger partial charge in [-0.2, -0.15) is 0 Å². The van der Waals surface area contributed by atoms with Crippen LogP contribution in [0.15, 0.2) is 82.2 Å². The number of benzene rings is 3. The van der Waals surface area contributed by atoms with Crippen molar-refractivity contribution in [3.8, 4) is 16.9 Å². The maximum Gasteiger partial charge on any atom is 0.262 e. The van der Waals surface area contributed by atoms with E-state index in [2.05, 4.69) is 5.32 Å². The van der Waals surface area contributed by atoms with Gasteiger partial charge >= 0.3 is 0 Å². The molecule has 0 saturated heterocycles. The highest BCUT2D eigenvalue weighted by atomic mass is 19.2. The molecule has 4 aromatic rings. The second kappa shape index (κ2) is 8.16. The minimum atomic E-state index is -1.06. The van der Waals surface area contributed by atoms with Crippen molar-refractivity contribution in [1.29, 1.82) is 0 Å². The molecule has 0 spiro atoms. The minimum absolute atomic E-state index is 0.112. The van der Waals surface area contributed by atoms with Crippen molar-refractivity contribution >= 4 is 22.6 Å². The van der Waals surface area contributed by atoms with Gasteiger partial charge in [-0.1, -0.05) is 30.3 Å². The maximum absolute atomic E-state index is 13.2. The standard InChI is InChI=1S/C23H15F2NO4/c24-19-9-6-15(10-20(19)25)26-22(27)13-29-16-7-8-17-21(11-16)30-12-18(23(17)28)14-4-2-1-3-5-14/h1-12H,13H2,(H,26,27). The Kier molecular flexibility index (Phi) is 5.26. The van der Waals surface area contributed by atoms with Gasteiger partial charge in [0.15, 0.2) is 23.7 Å². The third-order valence-electron chi connectivity index (χ3n) is 4.40. The van der Waals surface area contributed by atoms with Crippen molar-refractivity contribution in [2.75, 3.05) is 11.9 Å². The zero-order valence-corrected chi connectivity index (χ0v) is 15.5. The molecule has 0 saturated carbocycles. The number of hydrogen-bond acceptors (Lipinski definition) is 4. The van der Waals surface area contributed by atoms with Crippen molar-refractivity contribution in [2.24, 2.45) is 0 Å². The van der Waals surface area contributed by atoms with E-state index in [1.165, 1.54) is 18.4 Å². The predicted molar refractivity (Wildman–Crippen MR) is 108 cm³/mol. The highest BCUT2D eigenvalue weighted by Gasteiger charge is 2.11. The number of nitrogens with one attached hydrogen (secondary N) is 1. The van der Waals surface area contributed by atoms with Gasteiger partial charge in [0.1, 0.15) is 17.6 Å². The normalized spacial score (nSPS) is 10.7. The number of ether oxygens (including phenoxy) is 1. The Morgan fingerprint density at radius 2 is 1.77 bits per heavy atom. The lowest BCUT2D eigenvalue weighted by Crippen LogP contribution is -2.20. The van der Waals surface area contributed by atoms with Crippen LogP contribution in [0.1, 0.15) is 0 Å². The summed E-state index contributed by atoms with van der Waals surface area (Å²) in [6.45, 7) is -0.364. The van der Waals surface area contributed by atoms with E-state index in [4.69, 9.17) is 9.15 Å². The first kappa shape index (κ1) is 19.3. The van der Waals surface area contributed by atoms with E-state index in [1.807, 2.05) is 30.3 Å². The summed E-state index contributed by atoms with van der Waals surface area (Å²) >= 11 is 0. The van der Waals surface area contributed by atoms with Crippen molar-refractivity contribution < 1.29 is 22.7 Å².